The first-order valence-corrected chi connectivity index (χ1v) is 7.26. The van der Waals surface area contributed by atoms with Crippen LogP contribution in [0.4, 0.5) is 4.39 Å². The van der Waals surface area contributed by atoms with E-state index in [1.165, 1.54) is 25.7 Å². The Morgan fingerprint density at radius 3 is 2.90 bits per heavy atom. The van der Waals surface area contributed by atoms with Crippen LogP contribution in [0.25, 0.3) is 11.3 Å². The predicted octanol–water partition coefficient (Wildman–Crippen LogP) is 3.56. The summed E-state index contributed by atoms with van der Waals surface area (Å²) in [5.41, 5.74) is 2.37. The van der Waals surface area contributed by atoms with Gasteiger partial charge in [0, 0.05) is 11.6 Å². The van der Waals surface area contributed by atoms with Crippen LogP contribution in [0, 0.1) is 12.7 Å². The third-order valence-corrected chi connectivity index (χ3v) is 4.02. The molecule has 0 radical (unpaired) electrons. The Bertz CT molecular complexity index is 585. The van der Waals surface area contributed by atoms with E-state index >= 15 is 0 Å². The highest BCUT2D eigenvalue weighted by atomic mass is 19.1. The molecule has 3 nitrogen and oxygen atoms in total. The van der Waals surface area contributed by atoms with Gasteiger partial charge in [-0.05, 0) is 31.4 Å². The largest absolute Gasteiger partial charge is 0.341 e. The van der Waals surface area contributed by atoms with E-state index in [-0.39, 0.29) is 5.82 Å². The number of nitrogens with one attached hydrogen (secondary N) is 2. The molecule has 0 unspecified atom stereocenters. The summed E-state index contributed by atoms with van der Waals surface area (Å²) in [4.78, 5) is 7.62. The molecule has 0 aliphatic heterocycles. The van der Waals surface area contributed by atoms with E-state index < -0.39 is 0 Å². The first-order chi connectivity index (χ1) is 9.72. The van der Waals surface area contributed by atoms with Gasteiger partial charge in [-0.25, -0.2) is 9.37 Å². The average Bonchev–Trinajstić information content (AvgIpc) is 3.10. The van der Waals surface area contributed by atoms with Crippen molar-refractivity contribution >= 4 is 0 Å². The SMILES string of the molecule is Cc1ccc(-c2cnc(CNC3CCCC3)[nH]2)cc1F. The van der Waals surface area contributed by atoms with E-state index in [0.717, 1.165) is 23.6 Å². The van der Waals surface area contributed by atoms with Crippen molar-refractivity contribution in [3.05, 3.63) is 41.6 Å². The molecule has 2 N–H and O–H groups in total. The number of aromatic amines is 1. The van der Waals surface area contributed by atoms with E-state index in [0.29, 0.717) is 11.6 Å². The van der Waals surface area contributed by atoms with Crippen molar-refractivity contribution in [2.75, 3.05) is 0 Å². The number of aromatic nitrogens is 2. The van der Waals surface area contributed by atoms with Gasteiger partial charge in [0.1, 0.15) is 11.6 Å². The van der Waals surface area contributed by atoms with Gasteiger partial charge < -0.3 is 10.3 Å². The maximum atomic E-state index is 13.6. The van der Waals surface area contributed by atoms with E-state index in [4.69, 9.17) is 0 Å². The van der Waals surface area contributed by atoms with E-state index in [9.17, 15) is 4.39 Å². The molecule has 0 saturated heterocycles. The van der Waals surface area contributed by atoms with Gasteiger partial charge >= 0.3 is 0 Å². The van der Waals surface area contributed by atoms with Gasteiger partial charge in [0.15, 0.2) is 0 Å². The van der Waals surface area contributed by atoms with Gasteiger partial charge in [-0.3, -0.25) is 0 Å². The fraction of sp³-hybridized carbons (Fsp3) is 0.438. The number of rotatable bonds is 4. The molecule has 0 spiro atoms. The maximum Gasteiger partial charge on any atom is 0.126 e. The minimum atomic E-state index is -0.178. The zero-order valence-electron chi connectivity index (χ0n) is 11.7. The van der Waals surface area contributed by atoms with Gasteiger partial charge in [-0.15, -0.1) is 0 Å². The molecule has 1 aliphatic carbocycles. The lowest BCUT2D eigenvalue weighted by molar-refractivity contribution is 0.515. The van der Waals surface area contributed by atoms with Crippen molar-refractivity contribution in [1.29, 1.82) is 0 Å². The van der Waals surface area contributed by atoms with Crippen molar-refractivity contribution in [2.45, 2.75) is 45.2 Å². The number of halogens is 1. The molecule has 20 heavy (non-hydrogen) atoms. The minimum absolute atomic E-state index is 0.178. The fourth-order valence-electron chi connectivity index (χ4n) is 2.73. The molecule has 1 aromatic heterocycles. The molecule has 1 aliphatic rings. The van der Waals surface area contributed by atoms with Crippen LogP contribution in [-0.2, 0) is 6.54 Å². The van der Waals surface area contributed by atoms with Gasteiger partial charge in [0.05, 0.1) is 18.4 Å². The lowest BCUT2D eigenvalue weighted by Crippen LogP contribution is -2.25. The van der Waals surface area contributed by atoms with Crippen LogP contribution in [0.1, 0.15) is 37.1 Å². The number of nitrogens with zero attached hydrogens (tertiary/aromatic N) is 1. The van der Waals surface area contributed by atoms with E-state index in [1.807, 2.05) is 6.07 Å². The summed E-state index contributed by atoms with van der Waals surface area (Å²) in [5, 5.41) is 3.52. The molecule has 0 amide bonds. The zero-order chi connectivity index (χ0) is 13.9. The molecule has 0 atom stereocenters. The average molecular weight is 273 g/mol. The zero-order valence-corrected chi connectivity index (χ0v) is 11.7. The summed E-state index contributed by atoms with van der Waals surface area (Å²) in [6, 6.07) is 5.89. The number of benzene rings is 1. The van der Waals surface area contributed by atoms with Crippen LogP contribution in [0.5, 0.6) is 0 Å². The monoisotopic (exact) mass is 273 g/mol. The summed E-state index contributed by atoms with van der Waals surface area (Å²) in [6.07, 6.45) is 6.94. The molecule has 4 heteroatoms. The smallest absolute Gasteiger partial charge is 0.126 e. The quantitative estimate of drug-likeness (QED) is 0.894. The molecule has 1 aromatic carbocycles. The molecule has 2 aromatic rings. The lowest BCUT2D eigenvalue weighted by atomic mass is 10.1. The third-order valence-electron chi connectivity index (χ3n) is 4.02. The van der Waals surface area contributed by atoms with Crippen LogP contribution in [0.2, 0.25) is 0 Å². The number of H-pyrrole nitrogens is 1. The molecule has 1 heterocycles. The summed E-state index contributed by atoms with van der Waals surface area (Å²) >= 11 is 0. The van der Waals surface area contributed by atoms with Crippen molar-refractivity contribution < 1.29 is 4.39 Å². The highest BCUT2D eigenvalue weighted by molar-refractivity contribution is 5.59. The Kier molecular flexibility index (Phi) is 3.83. The topological polar surface area (TPSA) is 40.7 Å². The highest BCUT2D eigenvalue weighted by Gasteiger charge is 2.14. The van der Waals surface area contributed by atoms with Crippen molar-refractivity contribution in [3.8, 4) is 11.3 Å². The molecular weight excluding hydrogens is 253 g/mol. The third kappa shape index (κ3) is 2.90. The number of hydrogen-bond acceptors (Lipinski definition) is 2. The summed E-state index contributed by atoms with van der Waals surface area (Å²) < 4.78 is 13.6. The second-order valence-corrected chi connectivity index (χ2v) is 5.57. The second kappa shape index (κ2) is 5.75. The van der Waals surface area contributed by atoms with Crippen LogP contribution in [-0.4, -0.2) is 16.0 Å². The maximum absolute atomic E-state index is 13.6. The number of hydrogen-bond donors (Lipinski definition) is 2. The minimum Gasteiger partial charge on any atom is -0.341 e. The summed E-state index contributed by atoms with van der Waals surface area (Å²) in [6.45, 7) is 2.52. The lowest BCUT2D eigenvalue weighted by Gasteiger charge is -2.09. The summed E-state index contributed by atoms with van der Waals surface area (Å²) in [5.74, 6) is 0.732. The van der Waals surface area contributed by atoms with Crippen LogP contribution in [0.15, 0.2) is 24.4 Å². The van der Waals surface area contributed by atoms with Crippen molar-refractivity contribution in [1.82, 2.24) is 15.3 Å². The molecule has 3 rings (SSSR count). The Morgan fingerprint density at radius 1 is 1.35 bits per heavy atom. The Labute approximate surface area is 118 Å². The molecule has 1 fully saturated rings. The first kappa shape index (κ1) is 13.3. The Hall–Kier alpha value is -1.68. The Balaban J connectivity index is 1.67. The molecule has 106 valence electrons. The van der Waals surface area contributed by atoms with Crippen LogP contribution >= 0.6 is 0 Å². The standard InChI is InChI=1S/C16H20FN3/c1-11-6-7-12(8-14(11)17)15-9-19-16(20-15)10-18-13-4-2-3-5-13/h6-9,13,18H,2-5,10H2,1H3,(H,19,20). The van der Waals surface area contributed by atoms with Crippen LogP contribution < -0.4 is 5.32 Å². The Morgan fingerprint density at radius 2 is 2.15 bits per heavy atom. The van der Waals surface area contributed by atoms with E-state index in [1.54, 1.807) is 25.3 Å². The van der Waals surface area contributed by atoms with Crippen molar-refractivity contribution in [3.63, 3.8) is 0 Å². The van der Waals surface area contributed by atoms with Crippen LogP contribution in [0.3, 0.4) is 0 Å². The van der Waals surface area contributed by atoms with Crippen molar-refractivity contribution in [2.24, 2.45) is 0 Å². The normalized spacial score (nSPS) is 15.9. The molecular formula is C16H20FN3. The van der Waals surface area contributed by atoms with Gasteiger partial charge in [-0.2, -0.15) is 0 Å². The molecule has 0 bridgehead atoms. The highest BCUT2D eigenvalue weighted by Crippen LogP contribution is 2.21. The van der Waals surface area contributed by atoms with Gasteiger partial charge in [0.2, 0.25) is 0 Å². The number of aryl methyl sites for hydroxylation is 1. The second-order valence-electron chi connectivity index (χ2n) is 5.57. The predicted molar refractivity (Wildman–Crippen MR) is 77.8 cm³/mol. The first-order valence-electron chi connectivity index (χ1n) is 7.26. The number of imidazole rings is 1. The summed E-state index contributed by atoms with van der Waals surface area (Å²) in [7, 11) is 0. The van der Waals surface area contributed by atoms with Gasteiger partial charge in [0.25, 0.3) is 0 Å². The fourth-order valence-corrected chi connectivity index (χ4v) is 2.73. The van der Waals surface area contributed by atoms with Gasteiger partial charge in [-0.1, -0.05) is 25.0 Å². The van der Waals surface area contributed by atoms with E-state index in [2.05, 4.69) is 15.3 Å². The molecule has 1 saturated carbocycles.